The highest BCUT2D eigenvalue weighted by molar-refractivity contribution is 5.98. The van der Waals surface area contributed by atoms with Gasteiger partial charge in [-0.05, 0) is 6.92 Å². The van der Waals surface area contributed by atoms with Crippen molar-refractivity contribution in [1.29, 1.82) is 0 Å². The topological polar surface area (TPSA) is 18.5 Å². The van der Waals surface area contributed by atoms with Gasteiger partial charge in [0, 0.05) is 6.42 Å². The first kappa shape index (κ1) is 5.28. The van der Waals surface area contributed by atoms with Crippen molar-refractivity contribution in [3.8, 4) is 0 Å². The molecule has 0 aromatic heterocycles. The van der Waals surface area contributed by atoms with E-state index < -0.39 is 0 Å². The first-order chi connectivity index (χ1) is 3.27. The minimum atomic E-state index is -0.323. The molecule has 1 rings (SSSR count). The molecule has 3 heteroatoms. The molecule has 0 bridgehead atoms. The third kappa shape index (κ3) is 0.847. The number of hydrogen-bond acceptors (Lipinski definition) is 2. The normalized spacial score (nSPS) is 40.3. The summed E-state index contributed by atoms with van der Waals surface area (Å²) in [6, 6.07) is 0. The first-order valence-corrected chi connectivity index (χ1v) is 2.66. The van der Waals surface area contributed by atoms with E-state index in [4.69, 9.17) is 9.16 Å². The van der Waals surface area contributed by atoms with Crippen LogP contribution in [0.15, 0.2) is 0 Å². The van der Waals surface area contributed by atoms with Gasteiger partial charge >= 0.3 is 0 Å². The Morgan fingerprint density at radius 2 is 2.43 bits per heavy atom. The Balaban J connectivity index is 2.29. The van der Waals surface area contributed by atoms with Crippen molar-refractivity contribution in [3.63, 3.8) is 0 Å². The van der Waals surface area contributed by atoms with Crippen LogP contribution in [-0.4, -0.2) is 22.9 Å². The Morgan fingerprint density at radius 1 is 1.86 bits per heavy atom. The molecule has 1 saturated heterocycles. The number of rotatable bonds is 1. The molecule has 1 unspecified atom stereocenters. The summed E-state index contributed by atoms with van der Waals surface area (Å²) < 4.78 is 9.75. The van der Waals surface area contributed by atoms with Crippen molar-refractivity contribution in [1.82, 2.24) is 0 Å². The fourth-order valence-corrected chi connectivity index (χ4v) is 0.631. The number of ether oxygens (including phenoxy) is 1. The van der Waals surface area contributed by atoms with Crippen molar-refractivity contribution < 1.29 is 9.16 Å². The van der Waals surface area contributed by atoms with E-state index in [9.17, 15) is 0 Å². The summed E-state index contributed by atoms with van der Waals surface area (Å²) in [6.45, 7) is 2.71. The van der Waals surface area contributed by atoms with Gasteiger partial charge in [0.2, 0.25) is 10.5 Å². The molecule has 1 fully saturated rings. The second kappa shape index (κ2) is 1.58. The van der Waals surface area contributed by atoms with Crippen molar-refractivity contribution in [3.05, 3.63) is 0 Å². The van der Waals surface area contributed by atoms with E-state index in [0.717, 1.165) is 13.0 Å². The van der Waals surface area contributed by atoms with Crippen molar-refractivity contribution in [2.45, 2.75) is 19.1 Å². The standard InChI is InChI=1S/C4H7O2Si/c1-4(6-7)2-3-5-4/h2-3H2,1H3. The summed E-state index contributed by atoms with van der Waals surface area (Å²) in [7, 11) is 2.90. The highest BCUT2D eigenvalue weighted by Gasteiger charge is 2.31. The summed E-state index contributed by atoms with van der Waals surface area (Å²) >= 11 is 0. The highest BCUT2D eigenvalue weighted by Crippen LogP contribution is 2.24. The lowest BCUT2D eigenvalue weighted by Crippen LogP contribution is -2.42. The molecule has 0 aliphatic carbocycles. The van der Waals surface area contributed by atoms with E-state index in [1.165, 1.54) is 0 Å². The quantitative estimate of drug-likeness (QED) is 0.455. The predicted octanol–water partition coefficient (Wildman–Crippen LogP) is 0.223. The highest BCUT2D eigenvalue weighted by atomic mass is 28.2. The largest absolute Gasteiger partial charge is 0.392 e. The molecule has 2 nitrogen and oxygen atoms in total. The van der Waals surface area contributed by atoms with Crippen LogP contribution in [0.25, 0.3) is 0 Å². The molecule has 0 spiro atoms. The molecule has 0 saturated carbocycles. The van der Waals surface area contributed by atoms with Crippen LogP contribution in [0.5, 0.6) is 0 Å². The molecule has 0 N–H and O–H groups in total. The maximum absolute atomic E-state index is 5.00. The van der Waals surface area contributed by atoms with Crippen LogP contribution in [0.3, 0.4) is 0 Å². The summed E-state index contributed by atoms with van der Waals surface area (Å²) in [4.78, 5) is 0. The summed E-state index contributed by atoms with van der Waals surface area (Å²) in [5.41, 5.74) is 0. The smallest absolute Gasteiger partial charge is 0.250 e. The second-order valence-electron chi connectivity index (χ2n) is 1.83. The SMILES string of the molecule is CC1(O[Si])CCO1. The van der Waals surface area contributed by atoms with Crippen molar-refractivity contribution in [2.24, 2.45) is 0 Å². The lowest BCUT2D eigenvalue weighted by Gasteiger charge is -2.36. The van der Waals surface area contributed by atoms with Crippen LogP contribution in [0.2, 0.25) is 0 Å². The van der Waals surface area contributed by atoms with E-state index in [-0.39, 0.29) is 5.79 Å². The van der Waals surface area contributed by atoms with Crippen LogP contribution >= 0.6 is 0 Å². The molecule has 7 heavy (non-hydrogen) atoms. The van der Waals surface area contributed by atoms with E-state index in [2.05, 4.69) is 10.5 Å². The minimum Gasteiger partial charge on any atom is -0.392 e. The van der Waals surface area contributed by atoms with Gasteiger partial charge in [0.15, 0.2) is 5.79 Å². The van der Waals surface area contributed by atoms with Crippen LogP contribution in [0.1, 0.15) is 13.3 Å². The van der Waals surface area contributed by atoms with Crippen LogP contribution in [0.4, 0.5) is 0 Å². The Labute approximate surface area is 46.3 Å². The summed E-state index contributed by atoms with van der Waals surface area (Å²) in [5, 5.41) is 0. The maximum atomic E-state index is 5.00. The zero-order valence-electron chi connectivity index (χ0n) is 4.23. The minimum absolute atomic E-state index is 0.323. The molecule has 0 amide bonds. The van der Waals surface area contributed by atoms with Gasteiger partial charge in [-0.25, -0.2) is 0 Å². The monoisotopic (exact) mass is 115 g/mol. The van der Waals surface area contributed by atoms with Gasteiger partial charge < -0.3 is 9.16 Å². The first-order valence-electron chi connectivity index (χ1n) is 2.25. The van der Waals surface area contributed by atoms with Crippen LogP contribution < -0.4 is 0 Å². The van der Waals surface area contributed by atoms with Crippen LogP contribution in [-0.2, 0) is 9.16 Å². The Morgan fingerprint density at radius 3 is 2.43 bits per heavy atom. The summed E-state index contributed by atoms with van der Waals surface area (Å²) in [5.74, 6) is -0.323. The van der Waals surface area contributed by atoms with E-state index in [1.807, 2.05) is 6.92 Å². The average Bonchev–Trinajstić information content (AvgIpc) is 1.61. The van der Waals surface area contributed by atoms with Gasteiger partial charge in [0.1, 0.15) is 0 Å². The molecule has 0 aromatic carbocycles. The van der Waals surface area contributed by atoms with Gasteiger partial charge in [-0.15, -0.1) is 0 Å². The van der Waals surface area contributed by atoms with Gasteiger partial charge in [-0.3, -0.25) is 0 Å². The maximum Gasteiger partial charge on any atom is 0.250 e. The fourth-order valence-electron chi connectivity index (χ4n) is 0.470. The van der Waals surface area contributed by atoms with E-state index >= 15 is 0 Å². The van der Waals surface area contributed by atoms with E-state index in [1.54, 1.807) is 0 Å². The zero-order chi connectivity index (χ0) is 5.33. The van der Waals surface area contributed by atoms with Gasteiger partial charge in [0.25, 0.3) is 0 Å². The Bertz CT molecular complexity index is 64.6. The van der Waals surface area contributed by atoms with Gasteiger partial charge in [-0.2, -0.15) is 0 Å². The molecule has 1 aliphatic rings. The van der Waals surface area contributed by atoms with Gasteiger partial charge in [-0.1, -0.05) is 0 Å². The Hall–Kier alpha value is 0.137. The lowest BCUT2D eigenvalue weighted by atomic mass is 10.2. The molecular formula is C4H7O2Si. The zero-order valence-corrected chi connectivity index (χ0v) is 5.23. The second-order valence-corrected chi connectivity index (χ2v) is 2.04. The predicted molar refractivity (Wildman–Crippen MR) is 25.8 cm³/mol. The van der Waals surface area contributed by atoms with Crippen LogP contribution in [0, 0.1) is 0 Å². The third-order valence-corrected chi connectivity index (χ3v) is 1.61. The average molecular weight is 115 g/mol. The molecule has 1 atom stereocenters. The Kier molecular flexibility index (Phi) is 1.19. The molecule has 1 aliphatic heterocycles. The van der Waals surface area contributed by atoms with Gasteiger partial charge in [0.05, 0.1) is 6.61 Å². The lowest BCUT2D eigenvalue weighted by molar-refractivity contribution is -0.250. The third-order valence-electron chi connectivity index (χ3n) is 1.18. The summed E-state index contributed by atoms with van der Waals surface area (Å²) in [6.07, 6.45) is 0.983. The molecule has 3 radical (unpaired) electrons. The number of hydrogen-bond donors (Lipinski definition) is 0. The fraction of sp³-hybridized carbons (Fsp3) is 1.00. The molecular weight excluding hydrogens is 108 g/mol. The van der Waals surface area contributed by atoms with E-state index in [0.29, 0.717) is 0 Å². The molecule has 39 valence electrons. The molecule has 1 heterocycles. The van der Waals surface area contributed by atoms with Crippen molar-refractivity contribution >= 4 is 10.5 Å². The molecule has 0 aromatic rings. The van der Waals surface area contributed by atoms with Crippen molar-refractivity contribution in [2.75, 3.05) is 6.61 Å².